The summed E-state index contributed by atoms with van der Waals surface area (Å²) in [5, 5.41) is 5.02. The van der Waals surface area contributed by atoms with Crippen LogP contribution in [0.1, 0.15) is 63.8 Å². The number of benzene rings is 1. The van der Waals surface area contributed by atoms with E-state index in [2.05, 4.69) is 51.2 Å². The predicted octanol–water partition coefficient (Wildman–Crippen LogP) is 5.36. The van der Waals surface area contributed by atoms with Gasteiger partial charge in [-0.3, -0.25) is 0 Å². The van der Waals surface area contributed by atoms with Crippen LogP contribution < -0.4 is 5.32 Å². The van der Waals surface area contributed by atoms with Crippen molar-refractivity contribution in [3.05, 3.63) is 35.6 Å². The zero-order valence-electron chi connectivity index (χ0n) is 13.7. The number of hydrogen-bond donors (Lipinski definition) is 1. The number of furan rings is 1. The molecule has 1 heterocycles. The van der Waals surface area contributed by atoms with Gasteiger partial charge in [0.1, 0.15) is 11.3 Å². The molecule has 1 aromatic carbocycles. The Labute approximate surface area is 127 Å². The number of fused-ring (bicyclic) bond motifs is 1. The second-order valence-corrected chi connectivity index (χ2v) is 7.41. The highest BCUT2D eigenvalue weighted by atomic mass is 16.3. The van der Waals surface area contributed by atoms with E-state index in [-0.39, 0.29) is 6.04 Å². The van der Waals surface area contributed by atoms with Crippen LogP contribution in [0.15, 0.2) is 28.7 Å². The lowest BCUT2D eigenvalue weighted by atomic mass is 9.75. The van der Waals surface area contributed by atoms with Crippen molar-refractivity contribution >= 4 is 11.0 Å². The molecule has 0 spiro atoms. The first-order chi connectivity index (χ1) is 9.96. The number of nitrogens with one attached hydrogen (secondary N) is 1. The summed E-state index contributed by atoms with van der Waals surface area (Å²) >= 11 is 0. The van der Waals surface area contributed by atoms with Crippen LogP contribution in [-0.2, 0) is 0 Å². The maximum atomic E-state index is 6.08. The topological polar surface area (TPSA) is 25.2 Å². The van der Waals surface area contributed by atoms with Gasteiger partial charge in [-0.2, -0.15) is 0 Å². The van der Waals surface area contributed by atoms with Crippen molar-refractivity contribution in [2.45, 2.75) is 65.5 Å². The first kappa shape index (κ1) is 14.6. The minimum absolute atomic E-state index is 0.281. The van der Waals surface area contributed by atoms with Crippen molar-refractivity contribution in [3.8, 4) is 0 Å². The van der Waals surface area contributed by atoms with Crippen molar-refractivity contribution in [1.82, 2.24) is 5.32 Å². The molecule has 1 fully saturated rings. The summed E-state index contributed by atoms with van der Waals surface area (Å²) in [5.41, 5.74) is 2.81. The molecule has 2 heteroatoms. The molecule has 0 saturated heterocycles. The maximum absolute atomic E-state index is 6.08. The third-order valence-electron chi connectivity index (χ3n) is 5.10. The number of rotatable bonds is 3. The van der Waals surface area contributed by atoms with Gasteiger partial charge < -0.3 is 9.73 Å². The summed E-state index contributed by atoms with van der Waals surface area (Å²) in [4.78, 5) is 0. The summed E-state index contributed by atoms with van der Waals surface area (Å²) in [6.07, 6.45) is 5.18. The zero-order chi connectivity index (χ0) is 15.0. The van der Waals surface area contributed by atoms with E-state index in [0.717, 1.165) is 11.3 Å². The Morgan fingerprint density at radius 2 is 1.86 bits per heavy atom. The molecule has 1 atom stereocenters. The summed E-state index contributed by atoms with van der Waals surface area (Å²) in [6.45, 7) is 9.17. The Bertz CT molecular complexity index is 616. The van der Waals surface area contributed by atoms with Crippen LogP contribution in [0.2, 0.25) is 0 Å². The fraction of sp³-hybridized carbons (Fsp3) is 0.579. The third-order valence-corrected chi connectivity index (χ3v) is 5.10. The molecule has 0 radical (unpaired) electrons. The smallest absolute Gasteiger partial charge is 0.134 e. The Morgan fingerprint density at radius 3 is 2.52 bits per heavy atom. The Balaban J connectivity index is 1.72. The highest BCUT2D eigenvalue weighted by molar-refractivity contribution is 5.82. The lowest BCUT2D eigenvalue weighted by Crippen LogP contribution is -2.37. The third kappa shape index (κ3) is 3.01. The molecular weight excluding hydrogens is 258 g/mol. The molecule has 1 aliphatic carbocycles. The van der Waals surface area contributed by atoms with Crippen molar-refractivity contribution < 1.29 is 4.42 Å². The molecular formula is C19H27NO. The van der Waals surface area contributed by atoms with E-state index in [4.69, 9.17) is 4.42 Å². The largest absolute Gasteiger partial charge is 0.459 e. The first-order valence-corrected chi connectivity index (χ1v) is 8.20. The Morgan fingerprint density at radius 1 is 1.19 bits per heavy atom. The maximum Gasteiger partial charge on any atom is 0.134 e. The second-order valence-electron chi connectivity index (χ2n) is 7.41. The van der Waals surface area contributed by atoms with E-state index >= 15 is 0 Å². The van der Waals surface area contributed by atoms with Crippen LogP contribution in [0.25, 0.3) is 11.0 Å². The van der Waals surface area contributed by atoms with E-state index in [9.17, 15) is 0 Å². The minimum Gasteiger partial charge on any atom is -0.459 e. The molecule has 2 nitrogen and oxygen atoms in total. The summed E-state index contributed by atoms with van der Waals surface area (Å²) in [6, 6.07) is 9.23. The molecule has 1 aromatic heterocycles. The zero-order valence-corrected chi connectivity index (χ0v) is 13.7. The van der Waals surface area contributed by atoms with Crippen molar-refractivity contribution in [2.24, 2.45) is 5.41 Å². The number of aryl methyl sites for hydroxylation is 1. The monoisotopic (exact) mass is 285 g/mol. The number of para-hydroxylation sites is 1. The molecule has 114 valence electrons. The van der Waals surface area contributed by atoms with Crippen LogP contribution in [-0.4, -0.2) is 6.04 Å². The minimum atomic E-state index is 0.281. The first-order valence-electron chi connectivity index (χ1n) is 8.20. The molecule has 0 aliphatic heterocycles. The van der Waals surface area contributed by atoms with Crippen LogP contribution in [0, 0.1) is 12.3 Å². The van der Waals surface area contributed by atoms with Crippen LogP contribution >= 0.6 is 0 Å². The molecule has 21 heavy (non-hydrogen) atoms. The second kappa shape index (κ2) is 5.49. The van der Waals surface area contributed by atoms with E-state index in [0.29, 0.717) is 11.5 Å². The van der Waals surface area contributed by atoms with Gasteiger partial charge in [-0.1, -0.05) is 32.0 Å². The van der Waals surface area contributed by atoms with E-state index in [1.165, 1.54) is 36.6 Å². The molecule has 3 rings (SSSR count). The van der Waals surface area contributed by atoms with Gasteiger partial charge in [-0.25, -0.2) is 0 Å². The SMILES string of the molecule is Cc1c(C(C)NC2CCC(C)(C)CC2)oc2ccccc12. The van der Waals surface area contributed by atoms with Gasteiger partial charge in [-0.15, -0.1) is 0 Å². The average molecular weight is 285 g/mol. The molecule has 2 aromatic rings. The quantitative estimate of drug-likeness (QED) is 0.821. The van der Waals surface area contributed by atoms with Gasteiger partial charge in [-0.05, 0) is 56.6 Å². The molecule has 0 amide bonds. The standard InChI is InChI=1S/C19H27NO/c1-13-16-7-5-6-8-17(16)21-18(13)14(2)20-15-9-11-19(3,4)12-10-15/h5-8,14-15,20H,9-12H2,1-4H3. The fourth-order valence-electron chi connectivity index (χ4n) is 3.60. The van der Waals surface area contributed by atoms with Crippen molar-refractivity contribution in [2.75, 3.05) is 0 Å². The lowest BCUT2D eigenvalue weighted by molar-refractivity contribution is 0.197. The lowest BCUT2D eigenvalue weighted by Gasteiger charge is -2.35. The molecule has 1 unspecified atom stereocenters. The number of hydrogen-bond acceptors (Lipinski definition) is 2. The van der Waals surface area contributed by atoms with Crippen LogP contribution in [0.4, 0.5) is 0 Å². The highest BCUT2D eigenvalue weighted by Crippen LogP contribution is 2.36. The fourth-order valence-corrected chi connectivity index (χ4v) is 3.60. The predicted molar refractivity (Wildman–Crippen MR) is 88.5 cm³/mol. The Hall–Kier alpha value is -1.28. The van der Waals surface area contributed by atoms with Gasteiger partial charge in [0.05, 0.1) is 6.04 Å². The van der Waals surface area contributed by atoms with Crippen molar-refractivity contribution in [1.29, 1.82) is 0 Å². The summed E-state index contributed by atoms with van der Waals surface area (Å²) in [5.74, 6) is 1.10. The molecule has 0 bridgehead atoms. The summed E-state index contributed by atoms with van der Waals surface area (Å²) < 4.78 is 6.08. The van der Waals surface area contributed by atoms with Gasteiger partial charge >= 0.3 is 0 Å². The molecule has 1 aliphatic rings. The average Bonchev–Trinajstić information content (AvgIpc) is 2.79. The van der Waals surface area contributed by atoms with Crippen molar-refractivity contribution in [3.63, 3.8) is 0 Å². The molecule has 1 saturated carbocycles. The van der Waals surface area contributed by atoms with E-state index in [1.807, 2.05) is 6.07 Å². The van der Waals surface area contributed by atoms with Crippen LogP contribution in [0.3, 0.4) is 0 Å². The molecule has 1 N–H and O–H groups in total. The van der Waals surface area contributed by atoms with Gasteiger partial charge in [0.25, 0.3) is 0 Å². The van der Waals surface area contributed by atoms with Gasteiger partial charge in [0, 0.05) is 11.4 Å². The summed E-state index contributed by atoms with van der Waals surface area (Å²) in [7, 11) is 0. The van der Waals surface area contributed by atoms with E-state index in [1.54, 1.807) is 0 Å². The highest BCUT2D eigenvalue weighted by Gasteiger charge is 2.28. The van der Waals surface area contributed by atoms with Gasteiger partial charge in [0.15, 0.2) is 0 Å². The van der Waals surface area contributed by atoms with Crippen LogP contribution in [0.5, 0.6) is 0 Å². The normalized spacial score (nSPS) is 20.8. The van der Waals surface area contributed by atoms with Gasteiger partial charge in [0.2, 0.25) is 0 Å². The Kier molecular flexibility index (Phi) is 3.83. The van der Waals surface area contributed by atoms with E-state index < -0.39 is 0 Å².